The van der Waals surface area contributed by atoms with E-state index in [0.717, 1.165) is 15.8 Å². The van der Waals surface area contributed by atoms with Gasteiger partial charge < -0.3 is 14.8 Å². The average Bonchev–Trinajstić information content (AvgIpc) is 2.76. The third kappa shape index (κ3) is 6.47. The molecule has 0 aromatic heterocycles. The molecule has 7 heteroatoms. The lowest BCUT2D eigenvalue weighted by Gasteiger charge is -2.27. The molecular weight excluding hydrogens is 480 g/mol. The molecule has 0 aliphatic rings. The molecule has 0 saturated carbocycles. The van der Waals surface area contributed by atoms with Gasteiger partial charge in [0, 0.05) is 16.7 Å². The molecule has 0 bridgehead atoms. The number of likely N-dealkylation sites (N-methyl/N-ethyl adjacent to an activating group) is 1. The number of halogens is 2. The Balaban J connectivity index is 1.70. The van der Waals surface area contributed by atoms with Crippen LogP contribution in [0, 0.1) is 0 Å². The Labute approximate surface area is 196 Å². The van der Waals surface area contributed by atoms with Crippen molar-refractivity contribution in [1.82, 2.24) is 4.90 Å². The standard InChI is InChI=1S/C24H24BrClN2O3/c1-28(14-15-31-20-11-8-18(25)9-12-20)23(17-6-4-3-5-7-17)24(29)27-19-10-13-22(30-2)21(26)16-19/h3-13,16,23H,14-15H2,1-2H3,(H,27,29)/t23-/m0/s1. The smallest absolute Gasteiger partial charge is 0.246 e. The molecule has 0 radical (unpaired) electrons. The van der Waals surface area contributed by atoms with E-state index in [-0.39, 0.29) is 5.91 Å². The highest BCUT2D eigenvalue weighted by Gasteiger charge is 2.25. The molecule has 1 atom stereocenters. The summed E-state index contributed by atoms with van der Waals surface area (Å²) >= 11 is 9.62. The predicted octanol–water partition coefficient (Wildman–Crippen LogP) is 5.80. The minimum Gasteiger partial charge on any atom is -0.495 e. The third-order valence-corrected chi connectivity index (χ3v) is 5.57. The molecule has 1 amide bonds. The highest BCUT2D eigenvalue weighted by Crippen LogP contribution is 2.28. The summed E-state index contributed by atoms with van der Waals surface area (Å²) < 4.78 is 12.0. The molecule has 0 aliphatic heterocycles. The zero-order chi connectivity index (χ0) is 22.2. The van der Waals surface area contributed by atoms with Crippen LogP contribution in [0.1, 0.15) is 11.6 Å². The maximum atomic E-state index is 13.2. The van der Waals surface area contributed by atoms with E-state index in [4.69, 9.17) is 21.1 Å². The van der Waals surface area contributed by atoms with Crippen LogP contribution in [0.5, 0.6) is 11.5 Å². The lowest BCUT2D eigenvalue weighted by molar-refractivity contribution is -0.121. The van der Waals surface area contributed by atoms with E-state index in [2.05, 4.69) is 21.2 Å². The van der Waals surface area contributed by atoms with Gasteiger partial charge in [0.2, 0.25) is 5.91 Å². The first-order valence-electron chi connectivity index (χ1n) is 9.76. The van der Waals surface area contributed by atoms with Crippen LogP contribution in [0.3, 0.4) is 0 Å². The minimum absolute atomic E-state index is 0.154. The van der Waals surface area contributed by atoms with Crippen molar-refractivity contribution in [3.8, 4) is 11.5 Å². The van der Waals surface area contributed by atoms with Crippen LogP contribution >= 0.6 is 27.5 Å². The van der Waals surface area contributed by atoms with Gasteiger partial charge in [-0.25, -0.2) is 0 Å². The van der Waals surface area contributed by atoms with Crippen LogP contribution in [0.4, 0.5) is 5.69 Å². The number of benzene rings is 3. The first-order valence-corrected chi connectivity index (χ1v) is 10.9. The summed E-state index contributed by atoms with van der Waals surface area (Å²) in [5, 5.41) is 3.40. The minimum atomic E-state index is -0.490. The first kappa shape index (κ1) is 23.1. The van der Waals surface area contributed by atoms with Gasteiger partial charge in [0.15, 0.2) is 0 Å². The van der Waals surface area contributed by atoms with Crippen LogP contribution in [-0.4, -0.2) is 38.1 Å². The van der Waals surface area contributed by atoms with Gasteiger partial charge in [-0.15, -0.1) is 0 Å². The molecule has 0 aliphatic carbocycles. The first-order chi connectivity index (χ1) is 15.0. The van der Waals surface area contributed by atoms with Gasteiger partial charge in [0.05, 0.1) is 12.1 Å². The molecule has 3 rings (SSSR count). The van der Waals surface area contributed by atoms with Crippen molar-refractivity contribution >= 4 is 39.1 Å². The van der Waals surface area contributed by atoms with E-state index in [1.54, 1.807) is 25.3 Å². The van der Waals surface area contributed by atoms with Gasteiger partial charge in [-0.2, -0.15) is 0 Å². The van der Waals surface area contributed by atoms with Crippen molar-refractivity contribution in [3.63, 3.8) is 0 Å². The van der Waals surface area contributed by atoms with Crippen LogP contribution in [0.25, 0.3) is 0 Å². The fourth-order valence-corrected chi connectivity index (χ4v) is 3.69. The molecule has 3 aromatic rings. The summed E-state index contributed by atoms with van der Waals surface area (Å²) in [5.74, 6) is 1.19. The molecule has 0 heterocycles. The van der Waals surface area contributed by atoms with E-state index < -0.39 is 6.04 Å². The highest BCUT2D eigenvalue weighted by molar-refractivity contribution is 9.10. The number of methoxy groups -OCH3 is 1. The van der Waals surface area contributed by atoms with E-state index >= 15 is 0 Å². The summed E-state index contributed by atoms with van der Waals surface area (Å²) in [4.78, 5) is 15.2. The van der Waals surface area contributed by atoms with Crippen molar-refractivity contribution in [2.24, 2.45) is 0 Å². The second kappa shape index (κ2) is 11.2. The summed E-state index contributed by atoms with van der Waals surface area (Å²) in [7, 11) is 3.46. The number of carbonyl (C=O) groups excluding carboxylic acids is 1. The van der Waals surface area contributed by atoms with Crippen molar-refractivity contribution in [3.05, 3.63) is 87.9 Å². The quantitative estimate of drug-likeness (QED) is 0.401. The lowest BCUT2D eigenvalue weighted by atomic mass is 10.0. The predicted molar refractivity (Wildman–Crippen MR) is 128 cm³/mol. The van der Waals surface area contributed by atoms with Crippen LogP contribution in [0.15, 0.2) is 77.3 Å². The van der Waals surface area contributed by atoms with Gasteiger partial charge >= 0.3 is 0 Å². The molecule has 162 valence electrons. The molecule has 0 unspecified atom stereocenters. The number of ether oxygens (including phenoxy) is 2. The summed E-state index contributed by atoms with van der Waals surface area (Å²) in [5.41, 5.74) is 1.50. The number of amides is 1. The second-order valence-corrected chi connectivity index (χ2v) is 8.26. The van der Waals surface area contributed by atoms with Crippen LogP contribution < -0.4 is 14.8 Å². The van der Waals surface area contributed by atoms with E-state index in [0.29, 0.717) is 29.6 Å². The Morgan fingerprint density at radius 3 is 2.45 bits per heavy atom. The fourth-order valence-electron chi connectivity index (χ4n) is 3.16. The molecule has 0 fully saturated rings. The van der Waals surface area contributed by atoms with Gasteiger partial charge in [0.1, 0.15) is 24.1 Å². The average molecular weight is 504 g/mol. The molecule has 1 N–H and O–H groups in total. The maximum absolute atomic E-state index is 13.2. The third-order valence-electron chi connectivity index (χ3n) is 4.75. The summed E-state index contributed by atoms with van der Waals surface area (Å²) in [6.45, 7) is 1.01. The number of carbonyl (C=O) groups is 1. The Hall–Kier alpha value is -2.54. The topological polar surface area (TPSA) is 50.8 Å². The number of nitrogens with one attached hydrogen (secondary N) is 1. The number of rotatable bonds is 9. The molecule has 0 spiro atoms. The molecule has 31 heavy (non-hydrogen) atoms. The highest BCUT2D eigenvalue weighted by atomic mass is 79.9. The van der Waals surface area contributed by atoms with E-state index in [1.807, 2.05) is 66.5 Å². The molecule has 5 nitrogen and oxygen atoms in total. The van der Waals surface area contributed by atoms with E-state index in [1.165, 1.54) is 0 Å². The van der Waals surface area contributed by atoms with Gasteiger partial charge in [0.25, 0.3) is 0 Å². The largest absolute Gasteiger partial charge is 0.495 e. The Morgan fingerprint density at radius 1 is 1.10 bits per heavy atom. The summed E-state index contributed by atoms with van der Waals surface area (Å²) in [6.07, 6.45) is 0. The molecular formula is C24H24BrClN2O3. The van der Waals surface area contributed by atoms with Gasteiger partial charge in [-0.05, 0) is 55.1 Å². The number of anilines is 1. The number of hydrogen-bond acceptors (Lipinski definition) is 4. The lowest BCUT2D eigenvalue weighted by Crippen LogP contribution is -2.37. The number of nitrogens with zero attached hydrogens (tertiary/aromatic N) is 1. The van der Waals surface area contributed by atoms with Gasteiger partial charge in [-0.1, -0.05) is 57.9 Å². The maximum Gasteiger partial charge on any atom is 0.246 e. The van der Waals surface area contributed by atoms with Crippen molar-refractivity contribution in [1.29, 1.82) is 0 Å². The van der Waals surface area contributed by atoms with Crippen LogP contribution in [-0.2, 0) is 4.79 Å². The van der Waals surface area contributed by atoms with Crippen molar-refractivity contribution in [2.45, 2.75) is 6.04 Å². The Bertz CT molecular complexity index is 999. The fraction of sp³-hybridized carbons (Fsp3) is 0.208. The normalized spacial score (nSPS) is 11.8. The molecule has 0 saturated heterocycles. The monoisotopic (exact) mass is 502 g/mol. The Morgan fingerprint density at radius 2 is 1.81 bits per heavy atom. The van der Waals surface area contributed by atoms with Crippen molar-refractivity contribution < 1.29 is 14.3 Å². The zero-order valence-electron chi connectivity index (χ0n) is 17.3. The molecule has 3 aromatic carbocycles. The second-order valence-electron chi connectivity index (χ2n) is 6.93. The Kier molecular flexibility index (Phi) is 8.35. The summed E-state index contributed by atoms with van der Waals surface area (Å²) in [6, 6.07) is 22.0. The zero-order valence-corrected chi connectivity index (χ0v) is 19.7. The van der Waals surface area contributed by atoms with Crippen molar-refractivity contribution in [2.75, 3.05) is 32.6 Å². The SMILES string of the molecule is COc1ccc(NC(=O)[C@H](c2ccccc2)N(C)CCOc2ccc(Br)cc2)cc1Cl. The van der Waals surface area contributed by atoms with Gasteiger partial charge in [-0.3, -0.25) is 9.69 Å². The van der Waals surface area contributed by atoms with Crippen LogP contribution in [0.2, 0.25) is 5.02 Å². The number of hydrogen-bond donors (Lipinski definition) is 1. The van der Waals surface area contributed by atoms with E-state index in [9.17, 15) is 4.79 Å².